The van der Waals surface area contributed by atoms with Gasteiger partial charge in [-0.15, -0.1) is 0 Å². The van der Waals surface area contributed by atoms with Gasteiger partial charge in [0.25, 0.3) is 5.91 Å². The standard InChI is InChI=1S/C13H19NO3/c1-9-5-4-6-11(12(9)16)13(17)14(3)8-7-10(2)15/h4-6,10,15-16H,7-8H2,1-3H3. The molecule has 0 aliphatic carbocycles. The first-order valence-corrected chi connectivity index (χ1v) is 5.65. The van der Waals surface area contributed by atoms with E-state index in [9.17, 15) is 9.90 Å². The second-order valence-corrected chi connectivity index (χ2v) is 4.34. The van der Waals surface area contributed by atoms with Crippen molar-refractivity contribution < 1.29 is 15.0 Å². The lowest BCUT2D eigenvalue weighted by Gasteiger charge is -2.19. The Labute approximate surface area is 101 Å². The molecule has 0 aromatic heterocycles. The summed E-state index contributed by atoms with van der Waals surface area (Å²) in [4.78, 5) is 13.5. The van der Waals surface area contributed by atoms with Gasteiger partial charge in [0, 0.05) is 13.6 Å². The number of aryl methyl sites for hydroxylation is 1. The summed E-state index contributed by atoms with van der Waals surface area (Å²) in [7, 11) is 1.66. The van der Waals surface area contributed by atoms with Crippen molar-refractivity contribution in [3.05, 3.63) is 29.3 Å². The van der Waals surface area contributed by atoms with Crippen LogP contribution in [0.25, 0.3) is 0 Å². The molecule has 0 aliphatic rings. The van der Waals surface area contributed by atoms with Crippen LogP contribution in [0.5, 0.6) is 5.75 Å². The third-order valence-corrected chi connectivity index (χ3v) is 2.70. The van der Waals surface area contributed by atoms with Gasteiger partial charge >= 0.3 is 0 Å². The van der Waals surface area contributed by atoms with Crippen LogP contribution in [0.2, 0.25) is 0 Å². The molecule has 0 bridgehead atoms. The van der Waals surface area contributed by atoms with E-state index >= 15 is 0 Å². The van der Waals surface area contributed by atoms with Crippen LogP contribution in [0.4, 0.5) is 0 Å². The van der Waals surface area contributed by atoms with E-state index in [-0.39, 0.29) is 11.7 Å². The number of amides is 1. The summed E-state index contributed by atoms with van der Waals surface area (Å²) in [5.74, 6) is -0.201. The van der Waals surface area contributed by atoms with Gasteiger partial charge < -0.3 is 15.1 Å². The average Bonchev–Trinajstić information content (AvgIpc) is 2.28. The number of aliphatic hydroxyl groups excluding tert-OH is 1. The molecule has 0 saturated heterocycles. The quantitative estimate of drug-likeness (QED) is 0.835. The second-order valence-electron chi connectivity index (χ2n) is 4.34. The third-order valence-electron chi connectivity index (χ3n) is 2.70. The Morgan fingerprint density at radius 2 is 2.12 bits per heavy atom. The van der Waals surface area contributed by atoms with Crippen LogP contribution in [0, 0.1) is 6.92 Å². The molecule has 17 heavy (non-hydrogen) atoms. The number of para-hydroxylation sites is 1. The Kier molecular flexibility index (Phi) is 4.52. The molecule has 1 rings (SSSR count). The van der Waals surface area contributed by atoms with Crippen LogP contribution in [-0.2, 0) is 0 Å². The fourth-order valence-corrected chi connectivity index (χ4v) is 1.52. The maximum absolute atomic E-state index is 12.0. The Balaban J connectivity index is 2.78. The van der Waals surface area contributed by atoms with Crippen LogP contribution in [0.3, 0.4) is 0 Å². The maximum atomic E-state index is 12.0. The molecule has 1 atom stereocenters. The van der Waals surface area contributed by atoms with E-state index in [0.29, 0.717) is 24.1 Å². The topological polar surface area (TPSA) is 60.8 Å². The van der Waals surface area contributed by atoms with Gasteiger partial charge in [-0.2, -0.15) is 0 Å². The first-order valence-electron chi connectivity index (χ1n) is 5.65. The molecular formula is C13H19NO3. The highest BCUT2D eigenvalue weighted by molar-refractivity contribution is 5.97. The Bertz CT molecular complexity index is 402. The molecule has 0 saturated carbocycles. The van der Waals surface area contributed by atoms with Gasteiger partial charge in [0.1, 0.15) is 5.75 Å². The molecule has 0 heterocycles. The van der Waals surface area contributed by atoms with Crippen molar-refractivity contribution in [2.45, 2.75) is 26.4 Å². The van der Waals surface area contributed by atoms with Gasteiger partial charge in [-0.1, -0.05) is 12.1 Å². The number of aromatic hydroxyl groups is 1. The number of phenolic OH excluding ortho intramolecular Hbond substituents is 1. The highest BCUT2D eigenvalue weighted by atomic mass is 16.3. The molecular weight excluding hydrogens is 218 g/mol. The molecule has 0 spiro atoms. The average molecular weight is 237 g/mol. The lowest BCUT2D eigenvalue weighted by molar-refractivity contribution is 0.0766. The summed E-state index contributed by atoms with van der Waals surface area (Å²) in [5, 5.41) is 19.0. The highest BCUT2D eigenvalue weighted by Crippen LogP contribution is 2.22. The summed E-state index contributed by atoms with van der Waals surface area (Å²) in [6.45, 7) is 3.90. The molecule has 2 N–H and O–H groups in total. The molecule has 94 valence electrons. The number of hydrogen-bond donors (Lipinski definition) is 2. The third kappa shape index (κ3) is 3.46. The van der Waals surface area contributed by atoms with Crippen molar-refractivity contribution >= 4 is 5.91 Å². The number of phenols is 1. The number of carbonyl (C=O) groups excluding carboxylic acids is 1. The zero-order chi connectivity index (χ0) is 13.0. The van der Waals surface area contributed by atoms with Crippen LogP contribution < -0.4 is 0 Å². The van der Waals surface area contributed by atoms with Gasteiger partial charge in [0.15, 0.2) is 0 Å². The first-order chi connectivity index (χ1) is 7.93. The van der Waals surface area contributed by atoms with Crippen molar-refractivity contribution in [2.75, 3.05) is 13.6 Å². The summed E-state index contributed by atoms with van der Waals surface area (Å²) in [6, 6.07) is 5.09. The zero-order valence-corrected chi connectivity index (χ0v) is 10.5. The molecule has 0 fully saturated rings. The number of nitrogens with zero attached hydrogens (tertiary/aromatic N) is 1. The molecule has 1 unspecified atom stereocenters. The Morgan fingerprint density at radius 1 is 1.47 bits per heavy atom. The predicted molar refractivity (Wildman–Crippen MR) is 66.1 cm³/mol. The van der Waals surface area contributed by atoms with Crippen molar-refractivity contribution in [1.29, 1.82) is 0 Å². The SMILES string of the molecule is Cc1cccc(C(=O)N(C)CCC(C)O)c1O. The molecule has 1 aromatic carbocycles. The van der Waals surface area contributed by atoms with Crippen LogP contribution in [0.15, 0.2) is 18.2 Å². The zero-order valence-electron chi connectivity index (χ0n) is 10.5. The maximum Gasteiger partial charge on any atom is 0.257 e. The van der Waals surface area contributed by atoms with Gasteiger partial charge in [-0.3, -0.25) is 4.79 Å². The molecule has 0 radical (unpaired) electrons. The van der Waals surface area contributed by atoms with Gasteiger partial charge in [0.2, 0.25) is 0 Å². The van der Waals surface area contributed by atoms with Gasteiger partial charge in [-0.05, 0) is 31.9 Å². The number of benzene rings is 1. The van der Waals surface area contributed by atoms with E-state index in [0.717, 1.165) is 0 Å². The van der Waals surface area contributed by atoms with Crippen molar-refractivity contribution in [2.24, 2.45) is 0 Å². The van der Waals surface area contributed by atoms with Crippen LogP contribution in [-0.4, -0.2) is 40.7 Å². The van der Waals surface area contributed by atoms with Crippen molar-refractivity contribution in [3.8, 4) is 5.75 Å². The van der Waals surface area contributed by atoms with E-state index < -0.39 is 6.10 Å². The lowest BCUT2D eigenvalue weighted by Crippen LogP contribution is -2.29. The fraction of sp³-hybridized carbons (Fsp3) is 0.462. The summed E-state index contributed by atoms with van der Waals surface area (Å²) in [6.07, 6.45) is 0.0887. The molecule has 0 aliphatic heterocycles. The molecule has 4 heteroatoms. The minimum absolute atomic E-state index is 0.0291. The van der Waals surface area contributed by atoms with E-state index in [2.05, 4.69) is 0 Å². The van der Waals surface area contributed by atoms with E-state index in [1.165, 1.54) is 4.90 Å². The summed E-state index contributed by atoms with van der Waals surface area (Å²) < 4.78 is 0. The van der Waals surface area contributed by atoms with Crippen LogP contribution in [0.1, 0.15) is 29.3 Å². The summed E-state index contributed by atoms with van der Waals surface area (Å²) in [5.41, 5.74) is 0.984. The van der Waals surface area contributed by atoms with Crippen molar-refractivity contribution in [3.63, 3.8) is 0 Å². The molecule has 1 amide bonds. The molecule has 4 nitrogen and oxygen atoms in total. The minimum Gasteiger partial charge on any atom is -0.507 e. The highest BCUT2D eigenvalue weighted by Gasteiger charge is 2.16. The lowest BCUT2D eigenvalue weighted by atomic mass is 10.1. The number of carbonyl (C=O) groups is 1. The fourth-order valence-electron chi connectivity index (χ4n) is 1.52. The van der Waals surface area contributed by atoms with E-state index in [1.54, 1.807) is 39.1 Å². The van der Waals surface area contributed by atoms with Crippen molar-refractivity contribution in [1.82, 2.24) is 4.90 Å². The Hall–Kier alpha value is -1.55. The van der Waals surface area contributed by atoms with Gasteiger partial charge in [-0.25, -0.2) is 0 Å². The van der Waals surface area contributed by atoms with Gasteiger partial charge in [0.05, 0.1) is 11.7 Å². The molecule has 1 aromatic rings. The second kappa shape index (κ2) is 5.68. The number of aliphatic hydroxyl groups is 1. The van der Waals surface area contributed by atoms with E-state index in [4.69, 9.17) is 5.11 Å². The predicted octanol–water partition coefficient (Wildman–Crippen LogP) is 1.54. The van der Waals surface area contributed by atoms with Crippen LogP contribution >= 0.6 is 0 Å². The largest absolute Gasteiger partial charge is 0.507 e. The minimum atomic E-state index is -0.434. The number of rotatable bonds is 4. The first kappa shape index (κ1) is 13.5. The van der Waals surface area contributed by atoms with E-state index in [1.807, 2.05) is 0 Å². The monoisotopic (exact) mass is 237 g/mol. The normalized spacial score (nSPS) is 12.2. The number of hydrogen-bond acceptors (Lipinski definition) is 3. The summed E-state index contributed by atoms with van der Waals surface area (Å²) >= 11 is 0. The smallest absolute Gasteiger partial charge is 0.257 e. The Morgan fingerprint density at radius 3 is 2.71 bits per heavy atom.